The van der Waals surface area contributed by atoms with Gasteiger partial charge in [0.15, 0.2) is 0 Å². The van der Waals surface area contributed by atoms with Crippen LogP contribution >= 0.6 is 0 Å². The first-order valence-corrected chi connectivity index (χ1v) is 14.2. The van der Waals surface area contributed by atoms with Crippen molar-refractivity contribution in [1.82, 2.24) is 15.5 Å². The minimum atomic E-state index is -0.931. The molecule has 2 N–H and O–H groups in total. The van der Waals surface area contributed by atoms with E-state index >= 15 is 0 Å². The Morgan fingerprint density at radius 3 is 2.15 bits per heavy atom. The predicted molar refractivity (Wildman–Crippen MR) is 155 cm³/mol. The van der Waals surface area contributed by atoms with Crippen LogP contribution < -0.4 is 15.4 Å². The number of amides is 3. The van der Waals surface area contributed by atoms with Crippen molar-refractivity contribution >= 4 is 17.9 Å². The molecule has 222 valence electrons. The Bertz CT molecular complexity index is 1070. The molecular formula is C31H48N4O5. The SMILES string of the molecule is CC[C@H](C)[C@@H](C(=O)N[C@@H](CC(C)C)C(=O)OC(C)(C)C)N1C(=O)N[C@@H](Cc2ccc(OC(C)(C)C)cc2)[C@@H]1C#N. The number of carbonyl (C=O) groups is 3. The van der Waals surface area contributed by atoms with Crippen molar-refractivity contribution in [1.29, 1.82) is 5.26 Å². The summed E-state index contributed by atoms with van der Waals surface area (Å²) in [5.74, 6) is -0.388. The fourth-order valence-electron chi connectivity index (χ4n) is 4.75. The summed E-state index contributed by atoms with van der Waals surface area (Å²) < 4.78 is 11.5. The molecule has 0 aliphatic carbocycles. The summed E-state index contributed by atoms with van der Waals surface area (Å²) in [4.78, 5) is 41.3. The van der Waals surface area contributed by atoms with Gasteiger partial charge in [0.1, 0.15) is 35.1 Å². The fraction of sp³-hybridized carbons (Fsp3) is 0.677. The molecule has 1 aromatic rings. The molecule has 1 saturated heterocycles. The average molecular weight is 557 g/mol. The summed E-state index contributed by atoms with van der Waals surface area (Å²) in [6, 6.07) is 6.19. The standard InChI is InChI=1S/C31H48N4O5/c1-11-20(4)26(27(36)33-24(16-19(2)3)28(37)40-31(8,9)10)35-25(18-32)23(34-29(35)38)17-21-12-14-22(15-13-21)39-30(5,6)7/h12-15,19-20,23-26H,11,16-17H2,1-10H3,(H,33,36)(H,34,38)/t20-,23-,24-,25-,26-/m0/s1. The molecule has 0 radical (unpaired) electrons. The second-order valence-corrected chi connectivity index (χ2v) is 13.2. The molecule has 5 atom stereocenters. The van der Waals surface area contributed by atoms with Crippen molar-refractivity contribution in [3.63, 3.8) is 0 Å². The van der Waals surface area contributed by atoms with Crippen molar-refractivity contribution in [3.05, 3.63) is 29.8 Å². The third-order valence-electron chi connectivity index (χ3n) is 6.63. The molecule has 9 nitrogen and oxygen atoms in total. The largest absolute Gasteiger partial charge is 0.488 e. The highest BCUT2D eigenvalue weighted by molar-refractivity contribution is 5.92. The normalized spacial score (nSPS) is 19.9. The van der Waals surface area contributed by atoms with Crippen LogP contribution in [0.2, 0.25) is 0 Å². The van der Waals surface area contributed by atoms with Crippen LogP contribution in [0, 0.1) is 23.2 Å². The van der Waals surface area contributed by atoms with Gasteiger partial charge in [-0.2, -0.15) is 5.26 Å². The number of hydrogen-bond acceptors (Lipinski definition) is 6. The fourth-order valence-corrected chi connectivity index (χ4v) is 4.75. The van der Waals surface area contributed by atoms with Crippen LogP contribution in [-0.2, 0) is 20.7 Å². The van der Waals surface area contributed by atoms with Gasteiger partial charge in [-0.3, -0.25) is 9.69 Å². The topological polar surface area (TPSA) is 121 Å². The van der Waals surface area contributed by atoms with Gasteiger partial charge in [0.05, 0.1) is 12.1 Å². The molecule has 0 aromatic heterocycles. The highest BCUT2D eigenvalue weighted by atomic mass is 16.6. The summed E-state index contributed by atoms with van der Waals surface area (Å²) in [7, 11) is 0. The van der Waals surface area contributed by atoms with E-state index in [1.807, 2.05) is 72.7 Å². The van der Waals surface area contributed by atoms with Gasteiger partial charge in [-0.15, -0.1) is 0 Å². The number of nitrogens with one attached hydrogen (secondary N) is 2. The summed E-state index contributed by atoms with van der Waals surface area (Å²) in [6.07, 6.45) is 1.40. The molecule has 0 unspecified atom stereocenters. The maximum Gasteiger partial charge on any atom is 0.329 e. The quantitative estimate of drug-likeness (QED) is 0.371. The number of urea groups is 1. The highest BCUT2D eigenvalue weighted by Crippen LogP contribution is 2.27. The first-order valence-electron chi connectivity index (χ1n) is 14.2. The minimum absolute atomic E-state index is 0.117. The van der Waals surface area contributed by atoms with Gasteiger partial charge in [-0.1, -0.05) is 46.2 Å². The third-order valence-corrected chi connectivity index (χ3v) is 6.63. The molecule has 40 heavy (non-hydrogen) atoms. The lowest BCUT2D eigenvalue weighted by Crippen LogP contribution is -2.57. The Morgan fingerprint density at radius 1 is 1.07 bits per heavy atom. The lowest BCUT2D eigenvalue weighted by molar-refractivity contribution is -0.159. The summed E-state index contributed by atoms with van der Waals surface area (Å²) in [5, 5.41) is 15.9. The Morgan fingerprint density at radius 2 is 1.68 bits per heavy atom. The molecule has 1 aliphatic rings. The van der Waals surface area contributed by atoms with Gasteiger partial charge < -0.3 is 20.1 Å². The molecule has 1 heterocycles. The number of ether oxygens (including phenoxy) is 2. The van der Waals surface area contributed by atoms with Gasteiger partial charge in [0, 0.05) is 0 Å². The highest BCUT2D eigenvalue weighted by Gasteiger charge is 2.47. The number of benzene rings is 1. The second-order valence-electron chi connectivity index (χ2n) is 13.2. The van der Waals surface area contributed by atoms with Crippen LogP contribution in [0.3, 0.4) is 0 Å². The summed E-state index contributed by atoms with van der Waals surface area (Å²) in [6.45, 7) is 19.0. The van der Waals surface area contributed by atoms with E-state index in [0.717, 1.165) is 11.3 Å². The number of esters is 1. The molecule has 1 aliphatic heterocycles. The van der Waals surface area contributed by atoms with E-state index in [1.54, 1.807) is 20.8 Å². The van der Waals surface area contributed by atoms with E-state index in [0.29, 0.717) is 19.3 Å². The van der Waals surface area contributed by atoms with E-state index in [-0.39, 0.29) is 17.4 Å². The summed E-state index contributed by atoms with van der Waals surface area (Å²) >= 11 is 0. The van der Waals surface area contributed by atoms with Crippen LogP contribution in [0.4, 0.5) is 4.79 Å². The first kappa shape index (κ1) is 32.9. The average Bonchev–Trinajstić information content (AvgIpc) is 3.11. The van der Waals surface area contributed by atoms with E-state index in [1.165, 1.54) is 4.90 Å². The van der Waals surface area contributed by atoms with Crippen LogP contribution in [0.25, 0.3) is 0 Å². The molecule has 1 aromatic carbocycles. The van der Waals surface area contributed by atoms with E-state index < -0.39 is 47.7 Å². The third kappa shape index (κ3) is 9.42. The zero-order valence-corrected chi connectivity index (χ0v) is 25.8. The van der Waals surface area contributed by atoms with Crippen molar-refractivity contribution in [2.24, 2.45) is 11.8 Å². The monoisotopic (exact) mass is 556 g/mol. The van der Waals surface area contributed by atoms with Crippen molar-refractivity contribution in [2.75, 3.05) is 0 Å². The number of carbonyl (C=O) groups excluding carboxylic acids is 3. The van der Waals surface area contributed by atoms with Crippen molar-refractivity contribution in [3.8, 4) is 11.8 Å². The lowest BCUT2D eigenvalue weighted by Gasteiger charge is -2.34. The van der Waals surface area contributed by atoms with Gasteiger partial charge in [-0.25, -0.2) is 9.59 Å². The molecule has 2 rings (SSSR count). The van der Waals surface area contributed by atoms with Gasteiger partial charge >= 0.3 is 12.0 Å². The van der Waals surface area contributed by atoms with Crippen molar-refractivity contribution in [2.45, 2.75) is 124 Å². The van der Waals surface area contributed by atoms with Crippen LogP contribution in [0.5, 0.6) is 5.75 Å². The van der Waals surface area contributed by atoms with Crippen molar-refractivity contribution < 1.29 is 23.9 Å². The minimum Gasteiger partial charge on any atom is -0.488 e. The van der Waals surface area contributed by atoms with E-state index in [2.05, 4.69) is 16.7 Å². The van der Waals surface area contributed by atoms with E-state index in [9.17, 15) is 19.6 Å². The van der Waals surface area contributed by atoms with Gasteiger partial charge in [0.2, 0.25) is 5.91 Å². The molecule has 1 fully saturated rings. The lowest BCUT2D eigenvalue weighted by atomic mass is 9.93. The number of rotatable bonds is 11. The maximum absolute atomic E-state index is 13.8. The maximum atomic E-state index is 13.8. The Hall–Kier alpha value is -3.28. The Balaban J connectivity index is 2.29. The summed E-state index contributed by atoms with van der Waals surface area (Å²) in [5.41, 5.74) is -0.102. The smallest absolute Gasteiger partial charge is 0.329 e. The first-order chi connectivity index (χ1) is 18.5. The van der Waals surface area contributed by atoms with Gasteiger partial charge in [-0.05, 0) is 83.9 Å². The predicted octanol–water partition coefficient (Wildman–Crippen LogP) is 4.98. The number of nitriles is 1. The van der Waals surface area contributed by atoms with E-state index in [4.69, 9.17) is 9.47 Å². The van der Waals surface area contributed by atoms with Crippen LogP contribution in [0.1, 0.15) is 87.6 Å². The Kier molecular flexibility index (Phi) is 11.0. The Labute approximate surface area is 240 Å². The molecule has 0 spiro atoms. The number of hydrogen-bond donors (Lipinski definition) is 2. The zero-order chi connectivity index (χ0) is 30.4. The van der Waals surface area contributed by atoms with Crippen LogP contribution in [0.15, 0.2) is 24.3 Å². The second kappa shape index (κ2) is 13.4. The molecule has 0 bridgehead atoms. The van der Waals surface area contributed by atoms with Crippen LogP contribution in [-0.4, -0.2) is 58.2 Å². The molecular weight excluding hydrogens is 508 g/mol. The molecule has 3 amide bonds. The number of nitrogens with zero attached hydrogens (tertiary/aromatic N) is 2. The molecule has 0 saturated carbocycles. The van der Waals surface area contributed by atoms with Gasteiger partial charge in [0.25, 0.3) is 0 Å². The zero-order valence-electron chi connectivity index (χ0n) is 25.8. The molecule has 9 heteroatoms.